The van der Waals surface area contributed by atoms with Gasteiger partial charge in [-0.05, 0) is 0 Å². The van der Waals surface area contributed by atoms with Crippen molar-refractivity contribution in [2.45, 2.75) is 5.34 Å². The molecule has 8 heteroatoms. The maximum absolute atomic E-state index is 9.93. The molecule has 1 atom stereocenters. The summed E-state index contributed by atoms with van der Waals surface area (Å²) in [6, 6.07) is 0. The fourth-order valence-corrected chi connectivity index (χ4v) is 0.560. The normalized spacial score (nSPS) is 12.4. The van der Waals surface area contributed by atoms with Crippen molar-refractivity contribution in [2.75, 3.05) is 0 Å². The minimum absolute atomic E-state index is 2.33. The molecule has 1 unspecified atom stereocenters. The number of carbonyl (C=O) groups is 2. The lowest BCUT2D eigenvalue weighted by molar-refractivity contribution is -0.192. The van der Waals surface area contributed by atoms with Crippen molar-refractivity contribution in [2.24, 2.45) is 0 Å². The van der Waals surface area contributed by atoms with Gasteiger partial charge in [-0.3, -0.25) is 0 Å². The van der Waals surface area contributed by atoms with Crippen LogP contribution in [0.15, 0.2) is 0 Å². The zero-order chi connectivity index (χ0) is 9.23. The van der Waals surface area contributed by atoms with E-state index in [2.05, 4.69) is 0 Å². The number of hydrogen-bond donors (Lipinski definition) is 3. The van der Waals surface area contributed by atoms with Crippen molar-refractivity contribution >= 4 is 20.0 Å². The summed E-state index contributed by atoms with van der Waals surface area (Å²) in [7, 11) is -3.97. The van der Waals surface area contributed by atoms with Gasteiger partial charge in [0.1, 0.15) is 0 Å². The lowest BCUT2D eigenvalue weighted by Crippen LogP contribution is -2.45. The summed E-state index contributed by atoms with van der Waals surface area (Å²) in [6.07, 6.45) is 0. The van der Waals surface area contributed by atoms with E-state index >= 15 is 0 Å². The summed E-state index contributed by atoms with van der Waals surface area (Å²) in [5, 5.41) is 20.7. The van der Waals surface area contributed by atoms with E-state index in [1.165, 1.54) is 0 Å². The van der Waals surface area contributed by atoms with Crippen LogP contribution in [0.5, 0.6) is 0 Å². The smallest absolute Gasteiger partial charge is 0.453 e. The fourth-order valence-electron chi connectivity index (χ4n) is 0.248. The van der Waals surface area contributed by atoms with Gasteiger partial charge in [0, 0.05) is 0 Å². The molecule has 11 heavy (non-hydrogen) atoms. The van der Waals surface area contributed by atoms with Gasteiger partial charge in [-0.15, -0.1) is 0 Å². The van der Waals surface area contributed by atoms with Crippen molar-refractivity contribution in [3.05, 3.63) is 0 Å². The third-order valence-corrected chi connectivity index (χ3v) is 1.77. The van der Waals surface area contributed by atoms with Crippen LogP contribution in [0.2, 0.25) is 0 Å². The highest BCUT2D eigenvalue weighted by Crippen LogP contribution is 2.29. The Labute approximate surface area is 60.8 Å². The largest absolute Gasteiger partial charge is 0.592 e. The summed E-state index contributed by atoms with van der Waals surface area (Å²) in [5.74, 6) is -4.66. The molecule has 0 aliphatic carbocycles. The fraction of sp³-hybridized carbons (Fsp3) is 0.333. The van der Waals surface area contributed by atoms with Crippen molar-refractivity contribution in [3.63, 3.8) is 0 Å². The SMILES string of the molecule is O=C(O)C(O)(C(=O)O)[P+](=O)[O-]. The van der Waals surface area contributed by atoms with Crippen LogP contribution in [0.1, 0.15) is 0 Å². The van der Waals surface area contributed by atoms with Crippen LogP contribution in [0.25, 0.3) is 0 Å². The Morgan fingerprint density at radius 3 is 1.55 bits per heavy atom. The van der Waals surface area contributed by atoms with Crippen molar-refractivity contribution < 1.29 is 34.4 Å². The minimum Gasteiger partial charge on any atom is -0.592 e. The van der Waals surface area contributed by atoms with Crippen molar-refractivity contribution in [1.29, 1.82) is 0 Å². The lowest BCUT2D eigenvalue weighted by Gasteiger charge is -2.07. The van der Waals surface area contributed by atoms with Gasteiger partial charge in [-0.25, -0.2) is 9.59 Å². The number of aliphatic hydroxyl groups is 1. The van der Waals surface area contributed by atoms with E-state index in [0.29, 0.717) is 0 Å². The lowest BCUT2D eigenvalue weighted by atomic mass is 10.4. The second-order valence-corrected chi connectivity index (χ2v) is 2.70. The van der Waals surface area contributed by atoms with Gasteiger partial charge in [0.05, 0.1) is 0 Å². The maximum Gasteiger partial charge on any atom is 0.453 e. The standard InChI is InChI=1S/C3H3O7P/c4-1(5)3(8,2(6)7)11(9)10/h8H,(H,4,5)(H,6,7). The van der Waals surface area contributed by atoms with Gasteiger partial charge in [-0.1, -0.05) is 4.57 Å². The molecule has 0 aliphatic rings. The third kappa shape index (κ3) is 1.51. The third-order valence-electron chi connectivity index (χ3n) is 0.861. The van der Waals surface area contributed by atoms with Crippen LogP contribution in [0.4, 0.5) is 0 Å². The molecule has 0 aliphatic heterocycles. The summed E-state index contributed by atoms with van der Waals surface area (Å²) in [5.41, 5.74) is 0. The number of carboxylic acids is 2. The topological polar surface area (TPSA) is 135 Å². The monoisotopic (exact) mass is 182 g/mol. The molecule has 0 fully saturated rings. The average molecular weight is 182 g/mol. The van der Waals surface area contributed by atoms with Gasteiger partial charge in [0.2, 0.25) is 0 Å². The van der Waals surface area contributed by atoms with E-state index in [1.807, 2.05) is 0 Å². The Bertz CT molecular complexity index is 184. The Morgan fingerprint density at radius 1 is 1.27 bits per heavy atom. The van der Waals surface area contributed by atoms with Crippen LogP contribution >= 0.6 is 8.03 Å². The highest BCUT2D eigenvalue weighted by atomic mass is 31.1. The zero-order valence-corrected chi connectivity index (χ0v) is 5.82. The molecule has 0 aromatic rings. The van der Waals surface area contributed by atoms with E-state index in [-0.39, 0.29) is 0 Å². The molecule has 0 spiro atoms. The van der Waals surface area contributed by atoms with Gasteiger partial charge in [-0.2, -0.15) is 0 Å². The summed E-state index contributed by atoms with van der Waals surface area (Å²) >= 11 is 0. The molecule has 0 amide bonds. The molecule has 0 saturated heterocycles. The second kappa shape index (κ2) is 2.91. The molecule has 0 bridgehead atoms. The number of hydrogen-bond acceptors (Lipinski definition) is 5. The summed E-state index contributed by atoms with van der Waals surface area (Å²) in [4.78, 5) is 29.7. The zero-order valence-electron chi connectivity index (χ0n) is 4.92. The number of aliphatic carboxylic acids is 2. The Hall–Kier alpha value is -1.04. The van der Waals surface area contributed by atoms with Gasteiger partial charge >= 0.3 is 25.3 Å². The van der Waals surface area contributed by atoms with E-state index in [1.54, 1.807) is 0 Å². The Kier molecular flexibility index (Phi) is 2.64. The highest BCUT2D eigenvalue weighted by Gasteiger charge is 2.58. The van der Waals surface area contributed by atoms with E-state index < -0.39 is 25.3 Å². The minimum atomic E-state index is -3.97. The average Bonchev–Trinajstić information content (AvgIpc) is 1.84. The number of rotatable bonds is 3. The maximum atomic E-state index is 9.93. The predicted molar refractivity (Wildman–Crippen MR) is 27.8 cm³/mol. The van der Waals surface area contributed by atoms with Gasteiger partial charge in [0.15, 0.2) is 0 Å². The van der Waals surface area contributed by atoms with Gasteiger partial charge in [0.25, 0.3) is 0 Å². The quantitative estimate of drug-likeness (QED) is 0.337. The predicted octanol–water partition coefficient (Wildman–Crippen LogP) is -2.05. The molecule has 0 rings (SSSR count). The molecule has 7 nitrogen and oxygen atoms in total. The highest BCUT2D eigenvalue weighted by molar-refractivity contribution is 7.41. The Balaban J connectivity index is 4.99. The molecule has 62 valence electrons. The molecular formula is C3H3O7P. The molecule has 0 aromatic carbocycles. The molecule has 0 heterocycles. The molecular weight excluding hydrogens is 179 g/mol. The van der Waals surface area contributed by atoms with Crippen molar-refractivity contribution in [1.82, 2.24) is 0 Å². The first-order valence-electron chi connectivity index (χ1n) is 2.17. The van der Waals surface area contributed by atoms with Crippen LogP contribution < -0.4 is 4.89 Å². The summed E-state index contributed by atoms with van der Waals surface area (Å²) < 4.78 is 9.93. The van der Waals surface area contributed by atoms with E-state index in [9.17, 15) is 19.0 Å². The summed E-state index contributed by atoms with van der Waals surface area (Å²) in [6.45, 7) is 0. The first kappa shape index (κ1) is 9.96. The van der Waals surface area contributed by atoms with Crippen LogP contribution in [0, 0.1) is 0 Å². The second-order valence-electron chi connectivity index (χ2n) is 1.54. The molecule has 3 N–H and O–H groups in total. The first-order valence-corrected chi connectivity index (χ1v) is 3.35. The van der Waals surface area contributed by atoms with E-state index in [4.69, 9.17) is 15.3 Å². The molecule has 0 radical (unpaired) electrons. The van der Waals surface area contributed by atoms with E-state index in [0.717, 1.165) is 0 Å². The first-order chi connectivity index (χ1) is 4.83. The van der Waals surface area contributed by atoms with Crippen LogP contribution in [-0.2, 0) is 14.2 Å². The number of carboxylic acid groups (broad SMARTS) is 2. The molecule has 0 saturated carbocycles. The molecule has 0 aromatic heterocycles. The Morgan fingerprint density at radius 2 is 1.55 bits per heavy atom. The van der Waals surface area contributed by atoms with Crippen molar-refractivity contribution in [3.8, 4) is 0 Å². The van der Waals surface area contributed by atoms with Gasteiger partial charge < -0.3 is 20.2 Å². The van der Waals surface area contributed by atoms with Crippen LogP contribution in [0.3, 0.4) is 0 Å². The van der Waals surface area contributed by atoms with Crippen LogP contribution in [-0.4, -0.2) is 32.6 Å².